The quantitative estimate of drug-likeness (QED) is 0.776. The van der Waals surface area contributed by atoms with Crippen molar-refractivity contribution >= 4 is 40.7 Å². The van der Waals surface area contributed by atoms with E-state index in [4.69, 9.17) is 32.7 Å². The summed E-state index contributed by atoms with van der Waals surface area (Å²) in [7, 11) is 0. The SMILES string of the molecule is O=C(Nc1ccc2c(c1)OCCCO2)C1CCCN1C(=O)c1cc(Cl)ccc1Cl. The van der Waals surface area contributed by atoms with E-state index >= 15 is 0 Å². The van der Waals surface area contributed by atoms with Crippen molar-refractivity contribution in [3.05, 3.63) is 52.0 Å². The number of amides is 2. The summed E-state index contributed by atoms with van der Waals surface area (Å²) in [6.45, 7) is 1.65. The maximum Gasteiger partial charge on any atom is 0.256 e. The molecule has 1 unspecified atom stereocenters. The molecule has 2 heterocycles. The zero-order chi connectivity index (χ0) is 20.4. The minimum Gasteiger partial charge on any atom is -0.490 e. The highest BCUT2D eigenvalue weighted by Gasteiger charge is 2.35. The van der Waals surface area contributed by atoms with Crippen LogP contribution in [0.1, 0.15) is 29.6 Å². The molecule has 1 N–H and O–H groups in total. The van der Waals surface area contributed by atoms with Crippen LogP contribution in [0.15, 0.2) is 36.4 Å². The van der Waals surface area contributed by atoms with Gasteiger partial charge in [0.15, 0.2) is 11.5 Å². The minimum atomic E-state index is -0.575. The average molecular weight is 435 g/mol. The van der Waals surface area contributed by atoms with Crippen molar-refractivity contribution in [1.82, 2.24) is 4.90 Å². The lowest BCUT2D eigenvalue weighted by Crippen LogP contribution is -2.43. The van der Waals surface area contributed by atoms with E-state index < -0.39 is 6.04 Å². The van der Waals surface area contributed by atoms with Crippen LogP contribution < -0.4 is 14.8 Å². The van der Waals surface area contributed by atoms with E-state index in [0.717, 1.165) is 12.8 Å². The molecule has 0 aliphatic carbocycles. The number of ether oxygens (including phenoxy) is 2. The minimum absolute atomic E-state index is 0.247. The predicted molar refractivity (Wildman–Crippen MR) is 111 cm³/mol. The summed E-state index contributed by atoms with van der Waals surface area (Å²) in [5, 5.41) is 3.62. The monoisotopic (exact) mass is 434 g/mol. The second-order valence-corrected chi connectivity index (χ2v) is 7.83. The summed E-state index contributed by atoms with van der Waals surface area (Å²) >= 11 is 12.2. The highest BCUT2D eigenvalue weighted by Crippen LogP contribution is 2.33. The number of likely N-dealkylation sites (tertiary alicyclic amines) is 1. The highest BCUT2D eigenvalue weighted by molar-refractivity contribution is 6.35. The van der Waals surface area contributed by atoms with Gasteiger partial charge >= 0.3 is 0 Å². The number of rotatable bonds is 3. The molecule has 1 saturated heterocycles. The van der Waals surface area contributed by atoms with Crippen LogP contribution in [-0.2, 0) is 4.79 Å². The lowest BCUT2D eigenvalue weighted by atomic mass is 10.1. The van der Waals surface area contributed by atoms with Gasteiger partial charge in [0.2, 0.25) is 5.91 Å². The molecule has 1 fully saturated rings. The largest absolute Gasteiger partial charge is 0.490 e. The van der Waals surface area contributed by atoms with Gasteiger partial charge in [-0.3, -0.25) is 9.59 Å². The molecule has 4 rings (SSSR count). The topological polar surface area (TPSA) is 67.9 Å². The Hall–Kier alpha value is -2.44. The lowest BCUT2D eigenvalue weighted by molar-refractivity contribution is -0.119. The first kappa shape index (κ1) is 19.9. The van der Waals surface area contributed by atoms with Gasteiger partial charge in [0, 0.05) is 29.7 Å². The predicted octanol–water partition coefficient (Wildman–Crippen LogP) is 4.40. The normalized spacial score (nSPS) is 18.3. The van der Waals surface area contributed by atoms with Crippen LogP contribution in [0.3, 0.4) is 0 Å². The van der Waals surface area contributed by atoms with Crippen LogP contribution in [-0.4, -0.2) is 42.5 Å². The molecule has 2 amide bonds. The van der Waals surface area contributed by atoms with Gasteiger partial charge in [-0.2, -0.15) is 0 Å². The van der Waals surface area contributed by atoms with Gasteiger partial charge in [-0.1, -0.05) is 23.2 Å². The molecule has 0 aromatic heterocycles. The Morgan fingerprint density at radius 2 is 1.79 bits per heavy atom. The number of halogens is 2. The second kappa shape index (κ2) is 8.51. The number of carbonyl (C=O) groups is 2. The van der Waals surface area contributed by atoms with Crippen LogP contribution >= 0.6 is 23.2 Å². The van der Waals surface area contributed by atoms with Crippen molar-refractivity contribution in [1.29, 1.82) is 0 Å². The van der Waals surface area contributed by atoms with Crippen LogP contribution in [0.5, 0.6) is 11.5 Å². The highest BCUT2D eigenvalue weighted by atomic mass is 35.5. The summed E-state index contributed by atoms with van der Waals surface area (Å²) < 4.78 is 11.3. The number of nitrogens with zero attached hydrogens (tertiary/aromatic N) is 1. The molecule has 2 aliphatic rings. The molecule has 0 saturated carbocycles. The number of nitrogens with one attached hydrogen (secondary N) is 1. The fraction of sp³-hybridized carbons (Fsp3) is 0.333. The zero-order valence-electron chi connectivity index (χ0n) is 15.6. The van der Waals surface area contributed by atoms with Crippen LogP contribution in [0.4, 0.5) is 5.69 Å². The van der Waals surface area contributed by atoms with E-state index in [1.807, 2.05) is 0 Å². The molecule has 0 radical (unpaired) electrons. The summed E-state index contributed by atoms with van der Waals surface area (Å²) in [5.41, 5.74) is 0.897. The summed E-state index contributed by atoms with van der Waals surface area (Å²) in [6, 6.07) is 9.45. The van der Waals surface area contributed by atoms with Crippen molar-refractivity contribution in [2.24, 2.45) is 0 Å². The summed E-state index contributed by atoms with van der Waals surface area (Å²) in [5.74, 6) is 0.719. The molecule has 8 heteroatoms. The number of fused-ring (bicyclic) bond motifs is 1. The third kappa shape index (κ3) is 4.28. The first-order chi connectivity index (χ1) is 14.0. The van der Waals surface area contributed by atoms with Gasteiger partial charge < -0.3 is 19.7 Å². The fourth-order valence-corrected chi connectivity index (χ4v) is 3.94. The first-order valence-electron chi connectivity index (χ1n) is 9.49. The van der Waals surface area contributed by atoms with Crippen LogP contribution in [0.2, 0.25) is 10.0 Å². The van der Waals surface area contributed by atoms with Crippen molar-refractivity contribution < 1.29 is 19.1 Å². The Kier molecular flexibility index (Phi) is 5.83. The van der Waals surface area contributed by atoms with E-state index in [9.17, 15) is 9.59 Å². The van der Waals surface area contributed by atoms with Crippen molar-refractivity contribution in [2.75, 3.05) is 25.1 Å². The maximum atomic E-state index is 13.0. The van der Waals surface area contributed by atoms with E-state index in [-0.39, 0.29) is 11.8 Å². The molecule has 2 aromatic rings. The van der Waals surface area contributed by atoms with E-state index in [1.165, 1.54) is 6.07 Å². The molecule has 152 valence electrons. The molecule has 29 heavy (non-hydrogen) atoms. The maximum absolute atomic E-state index is 13.0. The van der Waals surface area contributed by atoms with Gasteiger partial charge in [0.25, 0.3) is 5.91 Å². The third-order valence-corrected chi connectivity index (χ3v) is 5.55. The molecular weight excluding hydrogens is 415 g/mol. The van der Waals surface area contributed by atoms with E-state index in [0.29, 0.717) is 59.0 Å². The number of anilines is 1. The Balaban J connectivity index is 1.50. The van der Waals surface area contributed by atoms with Crippen molar-refractivity contribution in [3.8, 4) is 11.5 Å². The standard InChI is InChI=1S/C21H20Cl2N2O4/c22-13-4-6-16(23)15(11-13)21(27)25-8-1-3-17(25)20(26)24-14-5-7-18-19(12-14)29-10-2-9-28-18/h4-7,11-12,17H,1-3,8-10H2,(H,24,26). The average Bonchev–Trinajstić information content (AvgIpc) is 3.09. The van der Waals surface area contributed by atoms with Gasteiger partial charge in [-0.25, -0.2) is 0 Å². The number of carbonyl (C=O) groups excluding carboxylic acids is 2. The summed E-state index contributed by atoms with van der Waals surface area (Å²) in [6.07, 6.45) is 2.13. The van der Waals surface area contributed by atoms with Crippen LogP contribution in [0.25, 0.3) is 0 Å². The van der Waals surface area contributed by atoms with E-state index in [1.54, 1.807) is 35.2 Å². The van der Waals surface area contributed by atoms with Gasteiger partial charge in [0.05, 0.1) is 23.8 Å². The first-order valence-corrected chi connectivity index (χ1v) is 10.2. The number of hydrogen-bond acceptors (Lipinski definition) is 4. The molecule has 2 aliphatic heterocycles. The zero-order valence-corrected chi connectivity index (χ0v) is 17.1. The number of benzene rings is 2. The van der Waals surface area contributed by atoms with E-state index in [2.05, 4.69) is 5.32 Å². The smallest absolute Gasteiger partial charge is 0.256 e. The molecule has 0 bridgehead atoms. The van der Waals surface area contributed by atoms with Gasteiger partial charge in [-0.15, -0.1) is 0 Å². The second-order valence-electron chi connectivity index (χ2n) is 6.98. The Labute approximate surface area is 178 Å². The van der Waals surface area contributed by atoms with Crippen molar-refractivity contribution in [3.63, 3.8) is 0 Å². The Bertz CT molecular complexity index is 950. The molecule has 1 atom stereocenters. The Morgan fingerprint density at radius 3 is 2.62 bits per heavy atom. The molecule has 0 spiro atoms. The number of hydrogen-bond donors (Lipinski definition) is 1. The molecular formula is C21H20Cl2N2O4. The Morgan fingerprint density at radius 1 is 1.00 bits per heavy atom. The fourth-order valence-electron chi connectivity index (χ4n) is 3.57. The van der Waals surface area contributed by atoms with Crippen molar-refractivity contribution in [2.45, 2.75) is 25.3 Å². The third-order valence-electron chi connectivity index (χ3n) is 4.99. The van der Waals surface area contributed by atoms with Gasteiger partial charge in [-0.05, 0) is 43.2 Å². The van der Waals surface area contributed by atoms with Gasteiger partial charge in [0.1, 0.15) is 6.04 Å². The summed E-state index contributed by atoms with van der Waals surface area (Å²) in [4.78, 5) is 27.4. The molecule has 2 aromatic carbocycles. The molecule has 6 nitrogen and oxygen atoms in total. The van der Waals surface area contributed by atoms with Crippen LogP contribution in [0, 0.1) is 0 Å². The lowest BCUT2D eigenvalue weighted by Gasteiger charge is -2.24.